The zero-order valence-electron chi connectivity index (χ0n) is 17.9. The summed E-state index contributed by atoms with van der Waals surface area (Å²) in [6.45, 7) is 2.67. The zero-order valence-corrected chi connectivity index (χ0v) is 17.9. The van der Waals surface area contributed by atoms with Gasteiger partial charge in [0.2, 0.25) is 5.82 Å². The van der Waals surface area contributed by atoms with Crippen molar-refractivity contribution >= 4 is 0 Å². The molecule has 0 heterocycles. The molecule has 0 amide bonds. The maximum absolute atomic E-state index is 14.5. The van der Waals surface area contributed by atoms with Gasteiger partial charge in [-0.05, 0) is 54.5 Å². The third kappa shape index (κ3) is 6.26. The first-order valence-corrected chi connectivity index (χ1v) is 11.4. The molecule has 2 aromatic rings. The molecule has 0 aliphatic heterocycles. The van der Waals surface area contributed by atoms with Gasteiger partial charge in [-0.15, -0.1) is 0 Å². The Morgan fingerprint density at radius 1 is 0.767 bits per heavy atom. The van der Waals surface area contributed by atoms with Crippen molar-refractivity contribution < 1.29 is 17.9 Å². The number of benzene rings is 2. The second-order valence-electron chi connectivity index (χ2n) is 8.65. The number of rotatable bonds is 10. The summed E-state index contributed by atoms with van der Waals surface area (Å²) in [5, 5.41) is 0. The zero-order chi connectivity index (χ0) is 21.3. The summed E-state index contributed by atoms with van der Waals surface area (Å²) in [5.74, 6) is -1.17. The van der Waals surface area contributed by atoms with E-state index in [1.807, 2.05) is 0 Å². The number of ether oxygens (including phenoxy) is 1. The van der Waals surface area contributed by atoms with Crippen molar-refractivity contribution in [2.24, 2.45) is 11.8 Å². The summed E-state index contributed by atoms with van der Waals surface area (Å²) in [6, 6.07) is 8.32. The molecule has 1 fully saturated rings. The lowest BCUT2D eigenvalue weighted by molar-refractivity contribution is 0.172. The highest BCUT2D eigenvalue weighted by Crippen LogP contribution is 2.34. The maximum Gasteiger partial charge on any atom is 0.201 e. The molecule has 164 valence electrons. The molecular formula is C26H33F3O. The van der Waals surface area contributed by atoms with Crippen molar-refractivity contribution in [1.29, 1.82) is 0 Å². The molecule has 0 aromatic heterocycles. The lowest BCUT2D eigenvalue weighted by atomic mass is 9.80. The van der Waals surface area contributed by atoms with E-state index in [9.17, 15) is 13.2 Å². The lowest BCUT2D eigenvalue weighted by Gasteiger charge is -2.28. The van der Waals surface area contributed by atoms with Crippen LogP contribution in [-0.2, 0) is 0 Å². The molecule has 0 radical (unpaired) electrons. The van der Waals surface area contributed by atoms with Crippen molar-refractivity contribution in [2.45, 2.75) is 71.1 Å². The lowest BCUT2D eigenvalue weighted by Crippen LogP contribution is -2.20. The van der Waals surface area contributed by atoms with Gasteiger partial charge in [-0.2, -0.15) is 4.39 Å². The van der Waals surface area contributed by atoms with Crippen LogP contribution in [0.5, 0.6) is 5.75 Å². The van der Waals surface area contributed by atoms with Gasteiger partial charge >= 0.3 is 0 Å². The van der Waals surface area contributed by atoms with E-state index >= 15 is 0 Å². The number of hydrogen-bond acceptors (Lipinski definition) is 1. The Morgan fingerprint density at radius 3 is 2.13 bits per heavy atom. The van der Waals surface area contributed by atoms with Crippen molar-refractivity contribution in [3.8, 4) is 16.9 Å². The smallest absolute Gasteiger partial charge is 0.201 e. The average molecular weight is 419 g/mol. The van der Waals surface area contributed by atoms with Crippen molar-refractivity contribution in [2.75, 3.05) is 6.61 Å². The van der Waals surface area contributed by atoms with Crippen LogP contribution >= 0.6 is 0 Å². The number of halogens is 3. The average Bonchev–Trinajstić information content (AvgIpc) is 2.76. The van der Waals surface area contributed by atoms with Gasteiger partial charge in [-0.1, -0.05) is 70.4 Å². The summed E-state index contributed by atoms with van der Waals surface area (Å²) in [4.78, 5) is 0. The fourth-order valence-electron chi connectivity index (χ4n) is 4.43. The van der Waals surface area contributed by atoms with Gasteiger partial charge in [0, 0.05) is 5.56 Å². The molecule has 0 spiro atoms. The van der Waals surface area contributed by atoms with Gasteiger partial charge in [0.1, 0.15) is 5.82 Å². The molecule has 0 unspecified atom stereocenters. The first-order valence-electron chi connectivity index (χ1n) is 11.4. The maximum atomic E-state index is 14.5. The Balaban J connectivity index is 1.46. The summed E-state index contributed by atoms with van der Waals surface area (Å²) in [7, 11) is 0. The third-order valence-corrected chi connectivity index (χ3v) is 6.36. The van der Waals surface area contributed by atoms with Gasteiger partial charge in [0.05, 0.1) is 6.61 Å². The minimum atomic E-state index is -0.974. The summed E-state index contributed by atoms with van der Waals surface area (Å²) in [6.07, 6.45) is 12.6. The largest absolute Gasteiger partial charge is 0.490 e. The molecular weight excluding hydrogens is 385 g/mol. The molecule has 1 nitrogen and oxygen atoms in total. The predicted octanol–water partition coefficient (Wildman–Crippen LogP) is 8.32. The van der Waals surface area contributed by atoms with E-state index in [-0.39, 0.29) is 11.3 Å². The van der Waals surface area contributed by atoms with Crippen LogP contribution in [0.15, 0.2) is 36.4 Å². The highest BCUT2D eigenvalue weighted by Gasteiger charge is 2.22. The SMILES string of the molecule is CCCCCCCC1CCC(COc2ccc(-c3ccc(F)cc3)c(F)c2F)CC1. The Bertz CT molecular complexity index is 780. The Labute approximate surface area is 178 Å². The van der Waals surface area contributed by atoms with Crippen LogP contribution in [0.1, 0.15) is 71.1 Å². The van der Waals surface area contributed by atoms with E-state index in [0.717, 1.165) is 18.8 Å². The molecule has 1 aliphatic carbocycles. The van der Waals surface area contributed by atoms with Gasteiger partial charge in [0.15, 0.2) is 11.6 Å². The summed E-state index contributed by atoms with van der Waals surface area (Å²) in [5.41, 5.74) is 0.548. The molecule has 0 atom stereocenters. The topological polar surface area (TPSA) is 9.23 Å². The molecule has 0 saturated heterocycles. The van der Waals surface area contributed by atoms with Crippen LogP contribution in [0.2, 0.25) is 0 Å². The van der Waals surface area contributed by atoms with E-state index in [2.05, 4.69) is 6.92 Å². The van der Waals surface area contributed by atoms with E-state index in [0.29, 0.717) is 18.1 Å². The minimum absolute atomic E-state index is 0.0450. The molecule has 3 rings (SSSR count). The van der Waals surface area contributed by atoms with Crippen LogP contribution in [-0.4, -0.2) is 6.61 Å². The van der Waals surface area contributed by atoms with Crippen LogP contribution < -0.4 is 4.74 Å². The van der Waals surface area contributed by atoms with Crippen molar-refractivity contribution in [1.82, 2.24) is 0 Å². The minimum Gasteiger partial charge on any atom is -0.490 e. The van der Waals surface area contributed by atoms with Crippen molar-refractivity contribution in [3.63, 3.8) is 0 Å². The van der Waals surface area contributed by atoms with Crippen LogP contribution in [0.3, 0.4) is 0 Å². The molecule has 1 saturated carbocycles. The van der Waals surface area contributed by atoms with E-state index in [1.54, 1.807) is 0 Å². The van der Waals surface area contributed by atoms with Crippen LogP contribution in [0.4, 0.5) is 13.2 Å². The fraction of sp³-hybridized carbons (Fsp3) is 0.538. The molecule has 4 heteroatoms. The van der Waals surface area contributed by atoms with E-state index in [4.69, 9.17) is 4.74 Å². The molecule has 30 heavy (non-hydrogen) atoms. The second-order valence-corrected chi connectivity index (χ2v) is 8.65. The van der Waals surface area contributed by atoms with Crippen LogP contribution in [0, 0.1) is 29.3 Å². The molecule has 0 bridgehead atoms. The molecule has 1 aliphatic rings. The number of unbranched alkanes of at least 4 members (excludes halogenated alkanes) is 4. The number of hydrogen-bond donors (Lipinski definition) is 0. The van der Waals surface area contributed by atoms with Gasteiger partial charge in [0.25, 0.3) is 0 Å². The van der Waals surface area contributed by atoms with Gasteiger partial charge in [-0.25, -0.2) is 8.78 Å². The van der Waals surface area contributed by atoms with E-state index in [1.165, 1.54) is 87.8 Å². The van der Waals surface area contributed by atoms with Crippen molar-refractivity contribution in [3.05, 3.63) is 53.8 Å². The van der Waals surface area contributed by atoms with Gasteiger partial charge < -0.3 is 4.74 Å². The second kappa shape index (κ2) is 11.4. The Kier molecular flexibility index (Phi) is 8.65. The van der Waals surface area contributed by atoms with Gasteiger partial charge in [-0.3, -0.25) is 0 Å². The highest BCUT2D eigenvalue weighted by atomic mass is 19.2. The first-order chi connectivity index (χ1) is 14.6. The Morgan fingerprint density at radius 2 is 1.43 bits per heavy atom. The summed E-state index contributed by atoms with van der Waals surface area (Å²) >= 11 is 0. The summed E-state index contributed by atoms with van der Waals surface area (Å²) < 4.78 is 47.7. The standard InChI is InChI=1S/C26H33F3O/c1-2-3-4-5-6-7-19-8-10-20(11-9-19)18-30-24-17-16-23(25(28)26(24)29)21-12-14-22(27)15-13-21/h12-17,19-20H,2-11,18H2,1H3. The monoisotopic (exact) mass is 418 g/mol. The first kappa shape index (κ1) is 22.7. The van der Waals surface area contributed by atoms with E-state index < -0.39 is 17.5 Å². The fourth-order valence-corrected chi connectivity index (χ4v) is 4.43. The normalized spacial score (nSPS) is 19.1. The van der Waals surface area contributed by atoms with Crippen LogP contribution in [0.25, 0.3) is 11.1 Å². The quantitative estimate of drug-likeness (QED) is 0.352. The molecule has 2 aromatic carbocycles. The Hall–Kier alpha value is -1.97. The third-order valence-electron chi connectivity index (χ3n) is 6.36. The molecule has 0 N–H and O–H groups in total. The highest BCUT2D eigenvalue weighted by molar-refractivity contribution is 5.65. The predicted molar refractivity (Wildman–Crippen MR) is 116 cm³/mol.